The fourth-order valence-corrected chi connectivity index (χ4v) is 3.29. The van der Waals surface area contributed by atoms with Crippen LogP contribution in [0.2, 0.25) is 0 Å². The zero-order valence-electron chi connectivity index (χ0n) is 12.1. The zero-order valence-corrected chi connectivity index (χ0v) is 12.1. The lowest BCUT2D eigenvalue weighted by molar-refractivity contribution is 0.0536. The van der Waals surface area contributed by atoms with Crippen molar-refractivity contribution in [1.29, 1.82) is 0 Å². The first-order valence-electron chi connectivity index (χ1n) is 7.05. The molecule has 0 bridgehead atoms. The molecule has 0 heterocycles. The van der Waals surface area contributed by atoms with E-state index in [9.17, 15) is 4.39 Å². The molecular formula is C16H24FNO. The molecule has 0 spiro atoms. The van der Waals surface area contributed by atoms with Crippen molar-refractivity contribution in [3.63, 3.8) is 0 Å². The molecule has 2 atom stereocenters. The van der Waals surface area contributed by atoms with E-state index in [-0.39, 0.29) is 17.3 Å². The van der Waals surface area contributed by atoms with Crippen molar-refractivity contribution in [2.24, 2.45) is 17.1 Å². The highest BCUT2D eigenvalue weighted by Crippen LogP contribution is 2.40. The second-order valence-electron chi connectivity index (χ2n) is 6.62. The standard InChI is InChI=1S/C16H24FNO/c1-11-6-13(9-16(2,3)8-11)19-15-5-4-12(10-18)7-14(15)17/h4-5,7,11,13H,6,8-10,18H2,1-3H3. The average Bonchev–Trinajstić information content (AvgIpc) is 2.29. The van der Waals surface area contributed by atoms with E-state index >= 15 is 0 Å². The van der Waals surface area contributed by atoms with Crippen molar-refractivity contribution in [3.05, 3.63) is 29.6 Å². The van der Waals surface area contributed by atoms with E-state index in [1.54, 1.807) is 6.07 Å². The quantitative estimate of drug-likeness (QED) is 0.900. The lowest BCUT2D eigenvalue weighted by atomic mass is 9.71. The van der Waals surface area contributed by atoms with Gasteiger partial charge < -0.3 is 10.5 Å². The van der Waals surface area contributed by atoms with Crippen molar-refractivity contribution in [2.75, 3.05) is 0 Å². The fourth-order valence-electron chi connectivity index (χ4n) is 3.29. The molecular weight excluding hydrogens is 241 g/mol. The molecule has 1 fully saturated rings. The Bertz CT molecular complexity index is 444. The van der Waals surface area contributed by atoms with Crippen molar-refractivity contribution >= 4 is 0 Å². The van der Waals surface area contributed by atoms with Gasteiger partial charge >= 0.3 is 0 Å². The van der Waals surface area contributed by atoms with E-state index in [4.69, 9.17) is 10.5 Å². The molecule has 0 aliphatic heterocycles. The third-order valence-corrected chi connectivity index (χ3v) is 3.87. The Kier molecular flexibility index (Phi) is 4.14. The molecule has 19 heavy (non-hydrogen) atoms. The van der Waals surface area contributed by atoms with Gasteiger partial charge in [-0.2, -0.15) is 0 Å². The number of nitrogens with two attached hydrogens (primary N) is 1. The number of ether oxygens (including phenoxy) is 1. The molecule has 2 unspecified atom stereocenters. The van der Waals surface area contributed by atoms with E-state index < -0.39 is 0 Å². The van der Waals surface area contributed by atoms with Crippen molar-refractivity contribution in [2.45, 2.75) is 52.7 Å². The van der Waals surface area contributed by atoms with Crippen LogP contribution in [0.25, 0.3) is 0 Å². The monoisotopic (exact) mass is 265 g/mol. The van der Waals surface area contributed by atoms with Crippen LogP contribution in [0, 0.1) is 17.2 Å². The van der Waals surface area contributed by atoms with Gasteiger partial charge in [0.25, 0.3) is 0 Å². The van der Waals surface area contributed by atoms with Gasteiger partial charge in [0.1, 0.15) is 0 Å². The minimum absolute atomic E-state index is 0.108. The Labute approximate surface area is 115 Å². The van der Waals surface area contributed by atoms with E-state index in [1.807, 2.05) is 6.07 Å². The van der Waals surface area contributed by atoms with Crippen molar-refractivity contribution in [3.8, 4) is 5.75 Å². The topological polar surface area (TPSA) is 35.2 Å². The second kappa shape index (κ2) is 5.49. The Balaban J connectivity index is 2.08. The van der Waals surface area contributed by atoms with Gasteiger partial charge in [-0.05, 0) is 48.3 Å². The smallest absolute Gasteiger partial charge is 0.165 e. The SMILES string of the molecule is CC1CC(Oc2ccc(CN)cc2F)CC(C)(C)C1. The largest absolute Gasteiger partial charge is 0.487 e. The van der Waals surface area contributed by atoms with Crippen LogP contribution in [-0.4, -0.2) is 6.10 Å². The van der Waals surface area contributed by atoms with Crippen molar-refractivity contribution in [1.82, 2.24) is 0 Å². The summed E-state index contributed by atoms with van der Waals surface area (Å²) < 4.78 is 19.8. The lowest BCUT2D eigenvalue weighted by Crippen LogP contribution is -2.34. The van der Waals surface area contributed by atoms with Gasteiger partial charge in [0.2, 0.25) is 0 Å². The summed E-state index contributed by atoms with van der Waals surface area (Å²) in [5, 5.41) is 0. The van der Waals surface area contributed by atoms with Gasteiger partial charge in [-0.3, -0.25) is 0 Å². The molecule has 0 saturated heterocycles. The van der Waals surface area contributed by atoms with Crippen LogP contribution in [-0.2, 0) is 6.54 Å². The molecule has 2 nitrogen and oxygen atoms in total. The number of benzene rings is 1. The van der Waals surface area contributed by atoms with Gasteiger partial charge in [-0.15, -0.1) is 0 Å². The summed E-state index contributed by atoms with van der Waals surface area (Å²) in [5.41, 5.74) is 6.57. The Hall–Kier alpha value is -1.09. The van der Waals surface area contributed by atoms with Gasteiger partial charge in [0.15, 0.2) is 11.6 Å². The molecule has 0 radical (unpaired) electrons. The summed E-state index contributed by atoms with van der Waals surface area (Å²) in [6, 6.07) is 4.99. The number of hydrogen-bond acceptors (Lipinski definition) is 2. The first-order valence-corrected chi connectivity index (χ1v) is 7.05. The number of hydrogen-bond donors (Lipinski definition) is 1. The lowest BCUT2D eigenvalue weighted by Gasteiger charge is -2.38. The van der Waals surface area contributed by atoms with Crippen molar-refractivity contribution < 1.29 is 9.13 Å². The molecule has 106 valence electrons. The van der Waals surface area contributed by atoms with Crippen LogP contribution in [0.1, 0.15) is 45.6 Å². The minimum Gasteiger partial charge on any atom is -0.487 e. The molecule has 2 rings (SSSR count). The van der Waals surface area contributed by atoms with Gasteiger partial charge in [-0.25, -0.2) is 4.39 Å². The molecule has 1 aliphatic carbocycles. The fraction of sp³-hybridized carbons (Fsp3) is 0.625. The van der Waals surface area contributed by atoms with Gasteiger partial charge in [0.05, 0.1) is 6.10 Å². The highest BCUT2D eigenvalue weighted by molar-refractivity contribution is 5.29. The molecule has 3 heteroatoms. The first kappa shape index (κ1) is 14.3. The third kappa shape index (κ3) is 3.69. The maximum absolute atomic E-state index is 13.9. The maximum Gasteiger partial charge on any atom is 0.165 e. The molecule has 2 N–H and O–H groups in total. The Morgan fingerprint density at radius 2 is 2.11 bits per heavy atom. The highest BCUT2D eigenvalue weighted by Gasteiger charge is 2.33. The predicted molar refractivity (Wildman–Crippen MR) is 75.5 cm³/mol. The summed E-state index contributed by atoms with van der Waals surface area (Å²) in [5.74, 6) is 0.672. The molecule has 0 amide bonds. The second-order valence-corrected chi connectivity index (χ2v) is 6.62. The van der Waals surface area contributed by atoms with Crippen LogP contribution in [0.4, 0.5) is 4.39 Å². The predicted octanol–water partition coefficient (Wildman–Crippen LogP) is 3.88. The Morgan fingerprint density at radius 3 is 2.68 bits per heavy atom. The Morgan fingerprint density at radius 1 is 1.37 bits per heavy atom. The van der Waals surface area contributed by atoms with Crippen LogP contribution >= 0.6 is 0 Å². The number of rotatable bonds is 3. The molecule has 1 aliphatic rings. The van der Waals surface area contributed by atoms with E-state index in [0.717, 1.165) is 18.4 Å². The van der Waals surface area contributed by atoms with Crippen LogP contribution in [0.3, 0.4) is 0 Å². The summed E-state index contributed by atoms with van der Waals surface area (Å²) in [6.45, 7) is 7.11. The highest BCUT2D eigenvalue weighted by atomic mass is 19.1. The molecule has 1 aromatic carbocycles. The normalized spacial score (nSPS) is 26.2. The summed E-state index contributed by atoms with van der Waals surface area (Å²) in [6.07, 6.45) is 3.30. The van der Waals surface area contributed by atoms with Crippen LogP contribution in [0.15, 0.2) is 18.2 Å². The van der Waals surface area contributed by atoms with Gasteiger partial charge in [0, 0.05) is 6.54 Å². The van der Waals surface area contributed by atoms with E-state index in [1.165, 1.54) is 12.5 Å². The summed E-state index contributed by atoms with van der Waals surface area (Å²) in [4.78, 5) is 0. The summed E-state index contributed by atoms with van der Waals surface area (Å²) in [7, 11) is 0. The zero-order chi connectivity index (χ0) is 14.0. The van der Waals surface area contributed by atoms with Gasteiger partial charge in [-0.1, -0.05) is 26.8 Å². The van der Waals surface area contributed by atoms with Crippen LogP contribution in [0.5, 0.6) is 5.75 Å². The third-order valence-electron chi connectivity index (χ3n) is 3.87. The molecule has 1 saturated carbocycles. The molecule has 1 aromatic rings. The van der Waals surface area contributed by atoms with E-state index in [2.05, 4.69) is 20.8 Å². The summed E-state index contributed by atoms with van der Waals surface area (Å²) >= 11 is 0. The minimum atomic E-state index is -0.306. The van der Waals surface area contributed by atoms with Crippen LogP contribution < -0.4 is 10.5 Å². The molecule has 0 aromatic heterocycles. The first-order chi connectivity index (χ1) is 8.89. The maximum atomic E-state index is 13.9. The van der Waals surface area contributed by atoms with E-state index in [0.29, 0.717) is 18.2 Å². The number of halogens is 1. The average molecular weight is 265 g/mol.